The standard InChI is InChI=1S/C23H27N5O2/c29-21-23(28(17-24-21)18-7-2-1-3-8-18)11-15-26(16-12-23)13-6-14-27-20-10-5-4-9-19(20)25-22(27)30/h1-5,7-10H,6,11-17H2,(H,24,29)(H,25,30). The van der Waals surface area contributed by atoms with Crippen molar-refractivity contribution >= 4 is 22.6 Å². The van der Waals surface area contributed by atoms with Gasteiger partial charge in [-0.1, -0.05) is 30.3 Å². The Labute approximate surface area is 175 Å². The van der Waals surface area contributed by atoms with Crippen LogP contribution >= 0.6 is 0 Å². The summed E-state index contributed by atoms with van der Waals surface area (Å²) in [6, 6.07) is 18.0. The number of amides is 1. The van der Waals surface area contributed by atoms with Crippen molar-refractivity contribution in [2.24, 2.45) is 0 Å². The van der Waals surface area contributed by atoms with Gasteiger partial charge in [0, 0.05) is 25.3 Å². The fraction of sp³-hybridized carbons (Fsp3) is 0.391. The summed E-state index contributed by atoms with van der Waals surface area (Å²) < 4.78 is 1.82. The number of aryl methyl sites for hydroxylation is 1. The fourth-order valence-electron chi connectivity index (χ4n) is 4.96. The number of carbonyl (C=O) groups is 1. The second-order valence-electron chi connectivity index (χ2n) is 8.25. The van der Waals surface area contributed by atoms with Gasteiger partial charge in [0.15, 0.2) is 0 Å². The Morgan fingerprint density at radius 2 is 1.63 bits per heavy atom. The van der Waals surface area contributed by atoms with Crippen LogP contribution < -0.4 is 15.9 Å². The zero-order valence-electron chi connectivity index (χ0n) is 17.0. The van der Waals surface area contributed by atoms with E-state index in [2.05, 4.69) is 32.2 Å². The number of aromatic amines is 1. The van der Waals surface area contributed by atoms with Gasteiger partial charge in [0.1, 0.15) is 5.54 Å². The molecular weight excluding hydrogens is 378 g/mol. The number of carbonyl (C=O) groups excluding carboxylic acids is 1. The summed E-state index contributed by atoms with van der Waals surface area (Å²) in [5.41, 5.74) is 2.46. The average molecular weight is 406 g/mol. The molecule has 0 aliphatic carbocycles. The summed E-state index contributed by atoms with van der Waals surface area (Å²) in [5, 5.41) is 3.06. The molecule has 2 fully saturated rings. The van der Waals surface area contributed by atoms with Crippen LogP contribution in [0.15, 0.2) is 59.4 Å². The van der Waals surface area contributed by atoms with E-state index in [-0.39, 0.29) is 11.6 Å². The van der Waals surface area contributed by atoms with Crippen LogP contribution in [0, 0.1) is 0 Å². The maximum absolute atomic E-state index is 12.8. The van der Waals surface area contributed by atoms with Gasteiger partial charge in [-0.25, -0.2) is 4.79 Å². The van der Waals surface area contributed by atoms with Gasteiger partial charge in [-0.05, 0) is 50.1 Å². The Morgan fingerprint density at radius 3 is 2.43 bits per heavy atom. The minimum Gasteiger partial charge on any atom is -0.339 e. The highest BCUT2D eigenvalue weighted by atomic mass is 16.2. The van der Waals surface area contributed by atoms with Gasteiger partial charge in [-0.15, -0.1) is 0 Å². The van der Waals surface area contributed by atoms with E-state index in [1.165, 1.54) is 0 Å². The summed E-state index contributed by atoms with van der Waals surface area (Å²) in [5.74, 6) is 0.149. The van der Waals surface area contributed by atoms with Crippen molar-refractivity contribution in [3.05, 3.63) is 65.1 Å². The third kappa shape index (κ3) is 3.19. The van der Waals surface area contributed by atoms with Crippen LogP contribution in [0.2, 0.25) is 0 Å². The van der Waals surface area contributed by atoms with E-state index in [1.807, 2.05) is 47.0 Å². The van der Waals surface area contributed by atoms with Crippen molar-refractivity contribution in [3.63, 3.8) is 0 Å². The molecule has 2 aliphatic rings. The Hall–Kier alpha value is -3.06. The summed E-state index contributed by atoms with van der Waals surface area (Å²) in [6.45, 7) is 3.97. The number of nitrogens with one attached hydrogen (secondary N) is 2. The zero-order chi connectivity index (χ0) is 20.6. The van der Waals surface area contributed by atoms with E-state index in [9.17, 15) is 9.59 Å². The minimum absolute atomic E-state index is 0.0464. The summed E-state index contributed by atoms with van der Waals surface area (Å²) in [7, 11) is 0. The summed E-state index contributed by atoms with van der Waals surface area (Å²) in [6.07, 6.45) is 2.55. The normalized spacial score (nSPS) is 18.9. The first-order chi connectivity index (χ1) is 14.7. The molecule has 156 valence electrons. The zero-order valence-corrected chi connectivity index (χ0v) is 17.0. The summed E-state index contributed by atoms with van der Waals surface area (Å²) in [4.78, 5) is 32.6. The number of nitrogens with zero attached hydrogens (tertiary/aromatic N) is 3. The summed E-state index contributed by atoms with van der Waals surface area (Å²) >= 11 is 0. The molecule has 30 heavy (non-hydrogen) atoms. The third-order valence-electron chi connectivity index (χ3n) is 6.63. The number of likely N-dealkylation sites (tertiary alicyclic amines) is 1. The SMILES string of the molecule is O=C1NCN(c2ccccc2)C12CCN(CCCn1c(=O)[nH]c3ccccc31)CC2. The van der Waals surface area contributed by atoms with E-state index in [1.54, 1.807) is 0 Å². The first-order valence-corrected chi connectivity index (χ1v) is 10.7. The average Bonchev–Trinajstić information content (AvgIpc) is 3.27. The molecule has 1 aromatic heterocycles. The molecule has 1 amide bonds. The molecule has 2 saturated heterocycles. The molecule has 7 heteroatoms. The highest BCUT2D eigenvalue weighted by molar-refractivity contribution is 5.93. The van der Waals surface area contributed by atoms with Crippen molar-refractivity contribution in [2.45, 2.75) is 31.3 Å². The Balaban J connectivity index is 1.21. The molecule has 3 heterocycles. The Bertz CT molecular complexity index is 1100. The first kappa shape index (κ1) is 18.9. The molecule has 3 aromatic rings. The van der Waals surface area contributed by atoms with E-state index < -0.39 is 5.54 Å². The lowest BCUT2D eigenvalue weighted by Gasteiger charge is -2.43. The lowest BCUT2D eigenvalue weighted by molar-refractivity contribution is -0.125. The van der Waals surface area contributed by atoms with E-state index >= 15 is 0 Å². The molecule has 1 spiro atoms. The van der Waals surface area contributed by atoms with Crippen LogP contribution in [-0.2, 0) is 11.3 Å². The molecular formula is C23H27N5O2. The maximum atomic E-state index is 12.8. The number of piperidine rings is 1. The number of anilines is 1. The number of benzene rings is 2. The second-order valence-corrected chi connectivity index (χ2v) is 8.25. The highest BCUT2D eigenvalue weighted by Gasteiger charge is 2.50. The number of H-pyrrole nitrogens is 1. The Morgan fingerprint density at radius 1 is 0.900 bits per heavy atom. The largest absolute Gasteiger partial charge is 0.339 e. The van der Waals surface area contributed by atoms with Crippen LogP contribution in [0.5, 0.6) is 0 Å². The molecule has 0 radical (unpaired) electrons. The molecule has 0 saturated carbocycles. The topological polar surface area (TPSA) is 73.4 Å². The van der Waals surface area contributed by atoms with Gasteiger partial charge in [-0.3, -0.25) is 9.36 Å². The molecule has 2 aromatic carbocycles. The van der Waals surface area contributed by atoms with Crippen LogP contribution in [0.25, 0.3) is 11.0 Å². The van der Waals surface area contributed by atoms with Gasteiger partial charge in [0.25, 0.3) is 0 Å². The number of para-hydroxylation sites is 3. The predicted octanol–water partition coefficient (Wildman–Crippen LogP) is 2.15. The van der Waals surface area contributed by atoms with Crippen molar-refractivity contribution < 1.29 is 4.79 Å². The van der Waals surface area contributed by atoms with Gasteiger partial charge >= 0.3 is 5.69 Å². The lowest BCUT2D eigenvalue weighted by atomic mass is 9.85. The molecule has 2 aliphatic heterocycles. The monoisotopic (exact) mass is 405 g/mol. The molecule has 2 N–H and O–H groups in total. The van der Waals surface area contributed by atoms with Crippen molar-refractivity contribution in [2.75, 3.05) is 31.2 Å². The lowest BCUT2D eigenvalue weighted by Crippen LogP contribution is -2.56. The second kappa shape index (κ2) is 7.65. The fourth-order valence-corrected chi connectivity index (χ4v) is 4.96. The van der Waals surface area contributed by atoms with Gasteiger partial charge < -0.3 is 20.1 Å². The molecule has 5 rings (SSSR count). The third-order valence-corrected chi connectivity index (χ3v) is 6.63. The maximum Gasteiger partial charge on any atom is 0.326 e. The van der Waals surface area contributed by atoms with Gasteiger partial charge in [-0.2, -0.15) is 0 Å². The van der Waals surface area contributed by atoms with E-state index in [0.29, 0.717) is 13.2 Å². The van der Waals surface area contributed by atoms with Crippen molar-refractivity contribution in [1.29, 1.82) is 0 Å². The smallest absolute Gasteiger partial charge is 0.326 e. The first-order valence-electron chi connectivity index (χ1n) is 10.7. The van der Waals surface area contributed by atoms with Crippen LogP contribution in [0.1, 0.15) is 19.3 Å². The number of rotatable bonds is 5. The van der Waals surface area contributed by atoms with Gasteiger partial charge in [0.05, 0.1) is 17.7 Å². The van der Waals surface area contributed by atoms with Crippen LogP contribution in [0.3, 0.4) is 0 Å². The predicted molar refractivity (Wildman–Crippen MR) is 118 cm³/mol. The van der Waals surface area contributed by atoms with Crippen molar-refractivity contribution in [3.8, 4) is 0 Å². The number of imidazole rings is 1. The van der Waals surface area contributed by atoms with Gasteiger partial charge in [0.2, 0.25) is 5.91 Å². The van der Waals surface area contributed by atoms with E-state index in [0.717, 1.165) is 55.6 Å². The quantitative estimate of drug-likeness (QED) is 0.682. The Kier molecular flexibility index (Phi) is 4.83. The number of aromatic nitrogens is 2. The molecule has 0 unspecified atom stereocenters. The van der Waals surface area contributed by atoms with Crippen LogP contribution in [-0.4, -0.2) is 52.2 Å². The highest BCUT2D eigenvalue weighted by Crippen LogP contribution is 2.36. The molecule has 0 atom stereocenters. The number of fused-ring (bicyclic) bond motifs is 1. The van der Waals surface area contributed by atoms with Crippen LogP contribution in [0.4, 0.5) is 5.69 Å². The number of hydrogen-bond acceptors (Lipinski definition) is 4. The minimum atomic E-state index is -0.439. The number of hydrogen-bond donors (Lipinski definition) is 2. The molecule has 0 bridgehead atoms. The van der Waals surface area contributed by atoms with Crippen molar-refractivity contribution in [1.82, 2.24) is 19.8 Å². The molecule has 7 nitrogen and oxygen atoms in total. The van der Waals surface area contributed by atoms with E-state index in [4.69, 9.17) is 0 Å².